The van der Waals surface area contributed by atoms with Crippen LogP contribution in [0, 0.1) is 0 Å². The fourth-order valence-corrected chi connectivity index (χ4v) is 6.87. The van der Waals surface area contributed by atoms with E-state index < -0.39 is 34.1 Å². The van der Waals surface area contributed by atoms with Crippen LogP contribution in [-0.4, -0.2) is 49.9 Å². The summed E-state index contributed by atoms with van der Waals surface area (Å²) in [5.74, 6) is -0.301. The van der Waals surface area contributed by atoms with E-state index in [1.54, 1.807) is 36.4 Å². The summed E-state index contributed by atoms with van der Waals surface area (Å²) in [5, 5.41) is 3.04. The molecule has 0 aliphatic rings. The smallest absolute Gasteiger partial charge is 0.264 e. The van der Waals surface area contributed by atoms with Crippen molar-refractivity contribution in [1.82, 2.24) is 10.2 Å². The van der Waals surface area contributed by atoms with Gasteiger partial charge in [0.05, 0.1) is 17.2 Å². The highest BCUT2D eigenvalue weighted by molar-refractivity contribution is 9.10. The highest BCUT2D eigenvalue weighted by Gasteiger charge is 2.35. The monoisotopic (exact) mass is 783 g/mol. The molecule has 0 heterocycles. The summed E-state index contributed by atoms with van der Waals surface area (Å²) in [4.78, 5) is 30.1. The standard InChI is InChI=1S/C36H39Br2N3O5S/c1-5-46-31-19-17-30(18-20-31)41(47(44,45)32-21-15-29(38)16-22-32)25-34(42)40(24-27-11-13-28(37)14-12-27)33(35(43)39-36(2,3)4)23-26-9-7-6-8-10-26/h6-22,33H,5,23-25H2,1-4H3,(H,39,43)/t33-/m0/s1. The van der Waals surface area contributed by atoms with E-state index in [0.717, 1.165) is 24.4 Å². The van der Waals surface area contributed by atoms with Crippen molar-refractivity contribution < 1.29 is 22.7 Å². The van der Waals surface area contributed by atoms with E-state index in [1.165, 1.54) is 17.0 Å². The molecule has 47 heavy (non-hydrogen) atoms. The lowest BCUT2D eigenvalue weighted by atomic mass is 10.0. The van der Waals surface area contributed by atoms with Crippen molar-refractivity contribution in [1.29, 1.82) is 0 Å². The number of carbonyl (C=O) groups excluding carboxylic acids is 2. The molecule has 4 aromatic carbocycles. The second-order valence-electron chi connectivity index (χ2n) is 12.0. The van der Waals surface area contributed by atoms with Crippen molar-refractivity contribution in [2.75, 3.05) is 17.5 Å². The summed E-state index contributed by atoms with van der Waals surface area (Å²) >= 11 is 6.83. The molecule has 11 heteroatoms. The Bertz CT molecular complexity index is 1740. The predicted octanol–water partition coefficient (Wildman–Crippen LogP) is 7.36. The van der Waals surface area contributed by atoms with Crippen LogP contribution in [0.15, 0.2) is 117 Å². The van der Waals surface area contributed by atoms with Crippen LogP contribution in [0.4, 0.5) is 5.69 Å². The highest BCUT2D eigenvalue weighted by Crippen LogP contribution is 2.28. The van der Waals surface area contributed by atoms with Gasteiger partial charge < -0.3 is 15.0 Å². The van der Waals surface area contributed by atoms with Crippen LogP contribution < -0.4 is 14.4 Å². The van der Waals surface area contributed by atoms with Gasteiger partial charge in [0.1, 0.15) is 18.3 Å². The molecular weight excluding hydrogens is 746 g/mol. The molecule has 1 N–H and O–H groups in total. The van der Waals surface area contributed by atoms with Gasteiger partial charge in [-0.15, -0.1) is 0 Å². The van der Waals surface area contributed by atoms with E-state index in [1.807, 2.05) is 82.3 Å². The predicted molar refractivity (Wildman–Crippen MR) is 193 cm³/mol. The summed E-state index contributed by atoms with van der Waals surface area (Å²) in [6.07, 6.45) is 0.230. The molecule has 1 atom stereocenters. The van der Waals surface area contributed by atoms with E-state index >= 15 is 0 Å². The number of halogens is 2. The fourth-order valence-electron chi connectivity index (χ4n) is 4.93. The van der Waals surface area contributed by atoms with Gasteiger partial charge >= 0.3 is 0 Å². The minimum atomic E-state index is -4.22. The molecule has 0 fully saturated rings. The minimum absolute atomic E-state index is 0.0214. The zero-order valence-corrected chi connectivity index (χ0v) is 30.8. The molecule has 0 aliphatic heterocycles. The van der Waals surface area contributed by atoms with Crippen molar-refractivity contribution in [3.8, 4) is 5.75 Å². The number of anilines is 1. The van der Waals surface area contributed by atoms with Crippen molar-refractivity contribution >= 4 is 59.4 Å². The highest BCUT2D eigenvalue weighted by atomic mass is 79.9. The van der Waals surface area contributed by atoms with E-state index in [0.29, 0.717) is 12.4 Å². The molecule has 0 spiro atoms. The molecule has 0 bridgehead atoms. The Labute approximate surface area is 294 Å². The molecule has 0 unspecified atom stereocenters. The largest absolute Gasteiger partial charge is 0.494 e. The number of hydrogen-bond acceptors (Lipinski definition) is 5. The van der Waals surface area contributed by atoms with Gasteiger partial charge in [0, 0.05) is 27.4 Å². The zero-order chi connectivity index (χ0) is 34.2. The molecule has 0 saturated heterocycles. The normalized spacial score (nSPS) is 12.2. The molecule has 0 aromatic heterocycles. The van der Waals surface area contributed by atoms with Gasteiger partial charge in [-0.25, -0.2) is 8.42 Å². The van der Waals surface area contributed by atoms with E-state index in [9.17, 15) is 18.0 Å². The van der Waals surface area contributed by atoms with Crippen LogP contribution in [0.5, 0.6) is 5.75 Å². The summed E-state index contributed by atoms with van der Waals surface area (Å²) < 4.78 is 36.7. The first-order valence-electron chi connectivity index (χ1n) is 15.2. The zero-order valence-electron chi connectivity index (χ0n) is 26.8. The molecule has 4 aromatic rings. The quantitative estimate of drug-likeness (QED) is 0.153. The van der Waals surface area contributed by atoms with Crippen molar-refractivity contribution in [2.24, 2.45) is 0 Å². The van der Waals surface area contributed by atoms with Gasteiger partial charge in [0.15, 0.2) is 0 Å². The lowest BCUT2D eigenvalue weighted by Gasteiger charge is -2.35. The number of amides is 2. The Kier molecular flexibility index (Phi) is 12.3. The summed E-state index contributed by atoms with van der Waals surface area (Å²) in [5.41, 5.74) is 1.36. The third kappa shape index (κ3) is 10.2. The molecular formula is C36H39Br2N3O5S. The van der Waals surface area contributed by atoms with Gasteiger partial charge in [-0.05, 0) is 99.5 Å². The van der Waals surface area contributed by atoms with Gasteiger partial charge in [-0.1, -0.05) is 74.3 Å². The number of ether oxygens (including phenoxy) is 1. The van der Waals surface area contributed by atoms with Crippen molar-refractivity contribution in [3.05, 3.63) is 123 Å². The molecule has 8 nitrogen and oxygen atoms in total. The van der Waals surface area contributed by atoms with E-state index in [-0.39, 0.29) is 29.5 Å². The average molecular weight is 786 g/mol. The van der Waals surface area contributed by atoms with Crippen LogP contribution in [0.1, 0.15) is 38.8 Å². The number of hydrogen-bond donors (Lipinski definition) is 1. The third-order valence-corrected chi connectivity index (χ3v) is 10.00. The molecule has 0 aliphatic carbocycles. The molecule has 248 valence electrons. The summed E-state index contributed by atoms with van der Waals surface area (Å²) in [6, 6.07) is 28.8. The second kappa shape index (κ2) is 16.0. The Morgan fingerprint density at radius 2 is 1.38 bits per heavy atom. The Hall–Kier alpha value is -3.67. The van der Waals surface area contributed by atoms with Crippen LogP contribution in [0.3, 0.4) is 0 Å². The lowest BCUT2D eigenvalue weighted by molar-refractivity contribution is -0.140. The van der Waals surface area contributed by atoms with Gasteiger partial charge in [-0.3, -0.25) is 13.9 Å². The number of benzene rings is 4. The topological polar surface area (TPSA) is 96.0 Å². The Morgan fingerprint density at radius 3 is 1.94 bits per heavy atom. The number of nitrogens with zero attached hydrogens (tertiary/aromatic N) is 2. The van der Waals surface area contributed by atoms with Gasteiger partial charge in [0.25, 0.3) is 10.0 Å². The number of nitrogens with one attached hydrogen (secondary N) is 1. The van der Waals surface area contributed by atoms with E-state index in [2.05, 4.69) is 37.2 Å². The van der Waals surface area contributed by atoms with Gasteiger partial charge in [0.2, 0.25) is 11.8 Å². The molecule has 2 amide bonds. The fraction of sp³-hybridized carbons (Fsp3) is 0.278. The molecule has 0 radical (unpaired) electrons. The molecule has 0 saturated carbocycles. The number of carbonyl (C=O) groups is 2. The minimum Gasteiger partial charge on any atom is -0.494 e. The maximum atomic E-state index is 14.6. The van der Waals surface area contributed by atoms with Crippen LogP contribution in [-0.2, 0) is 32.6 Å². The van der Waals surface area contributed by atoms with Crippen molar-refractivity contribution in [2.45, 2.75) is 57.1 Å². The summed E-state index contributed by atoms with van der Waals surface area (Å²) in [6.45, 7) is 7.48. The summed E-state index contributed by atoms with van der Waals surface area (Å²) in [7, 11) is -4.22. The maximum absolute atomic E-state index is 14.6. The van der Waals surface area contributed by atoms with E-state index in [4.69, 9.17) is 4.74 Å². The Balaban J connectivity index is 1.81. The first kappa shape index (κ1) is 36.2. The van der Waals surface area contributed by atoms with Crippen LogP contribution >= 0.6 is 31.9 Å². The van der Waals surface area contributed by atoms with Crippen molar-refractivity contribution in [3.63, 3.8) is 0 Å². The number of rotatable bonds is 13. The number of sulfonamides is 1. The molecule has 4 rings (SSSR count). The maximum Gasteiger partial charge on any atom is 0.264 e. The van der Waals surface area contributed by atoms with Crippen LogP contribution in [0.2, 0.25) is 0 Å². The lowest BCUT2D eigenvalue weighted by Crippen LogP contribution is -2.56. The first-order valence-corrected chi connectivity index (χ1v) is 18.2. The average Bonchev–Trinajstić information content (AvgIpc) is 3.03. The van der Waals surface area contributed by atoms with Crippen LogP contribution in [0.25, 0.3) is 0 Å². The first-order chi connectivity index (χ1) is 22.3. The SMILES string of the molecule is CCOc1ccc(N(CC(=O)N(Cc2ccc(Br)cc2)[C@@H](Cc2ccccc2)C(=O)NC(C)(C)C)S(=O)(=O)c2ccc(Br)cc2)cc1. The van der Waals surface area contributed by atoms with Gasteiger partial charge in [-0.2, -0.15) is 0 Å². The second-order valence-corrected chi connectivity index (χ2v) is 15.7. The third-order valence-electron chi connectivity index (χ3n) is 7.15. The Morgan fingerprint density at radius 1 is 0.809 bits per heavy atom.